The molecule has 0 radical (unpaired) electrons. The fourth-order valence-electron chi connectivity index (χ4n) is 8.25. The number of piperazine rings is 1. The van der Waals surface area contributed by atoms with Crippen molar-refractivity contribution in [1.82, 2.24) is 20.7 Å². The molecule has 0 spiro atoms. The van der Waals surface area contributed by atoms with Gasteiger partial charge >= 0.3 is 0 Å². The third-order valence-corrected chi connectivity index (χ3v) is 11.1. The number of fused-ring (bicyclic) bond motifs is 10. The van der Waals surface area contributed by atoms with Gasteiger partial charge < -0.3 is 24.3 Å². The van der Waals surface area contributed by atoms with Crippen molar-refractivity contribution >= 4 is 47.2 Å². The van der Waals surface area contributed by atoms with Gasteiger partial charge in [0.25, 0.3) is 0 Å². The highest BCUT2D eigenvalue weighted by Crippen LogP contribution is 2.54. The molecule has 4 aromatic carbocycles. The van der Waals surface area contributed by atoms with Gasteiger partial charge in [-0.2, -0.15) is 10.2 Å². The molecule has 2 fully saturated rings. The van der Waals surface area contributed by atoms with Crippen LogP contribution in [0.15, 0.2) is 117 Å². The fourth-order valence-corrected chi connectivity index (χ4v) is 9.33. The van der Waals surface area contributed by atoms with Crippen molar-refractivity contribution in [2.45, 2.75) is 59.1 Å². The van der Waals surface area contributed by atoms with Crippen molar-refractivity contribution in [2.75, 3.05) is 9.80 Å². The quantitative estimate of drug-likeness (QED) is 0.297. The summed E-state index contributed by atoms with van der Waals surface area (Å²) in [5, 5.41) is 9.25. The Kier molecular flexibility index (Phi) is 5.22. The Hall–Kier alpha value is -4.83. The first kappa shape index (κ1) is 24.6. The molecule has 2 N–H and O–H groups in total. The minimum absolute atomic E-state index is 0.0334. The average molecular weight is 599 g/mol. The lowest BCUT2D eigenvalue weighted by Gasteiger charge is -2.60. The highest BCUT2D eigenvalue weighted by Gasteiger charge is 2.59. The molecule has 10 heteroatoms. The minimum Gasteiger partial charge on any atom is -0.453 e. The number of rotatable bonds is 2. The lowest BCUT2D eigenvalue weighted by Crippen LogP contribution is -2.78. The topological polar surface area (TPSA) is 71.0 Å². The SMILES string of the molecule is C1=NNC2C3NN=CN3C3C(N4c5ccccc5Sc5ccccc54)CCC(N4c5ccccc5Oc5ccccc54)C3N12. The first-order chi connectivity index (χ1) is 21.8. The smallest absolute Gasteiger partial charge is 0.157 e. The Balaban J connectivity index is 1.16. The van der Waals surface area contributed by atoms with Gasteiger partial charge in [-0.1, -0.05) is 60.3 Å². The third kappa shape index (κ3) is 3.37. The van der Waals surface area contributed by atoms with E-state index in [9.17, 15) is 0 Å². The number of hydrogen-bond acceptors (Lipinski definition) is 10. The first-order valence-corrected chi connectivity index (χ1v) is 16.1. The molecule has 1 saturated heterocycles. The zero-order valence-corrected chi connectivity index (χ0v) is 24.6. The lowest BCUT2D eigenvalue weighted by atomic mass is 9.76. The van der Waals surface area contributed by atoms with Crippen molar-refractivity contribution in [3.05, 3.63) is 97.1 Å². The number of nitrogens with zero attached hydrogens (tertiary/aromatic N) is 6. The summed E-state index contributed by atoms with van der Waals surface area (Å²) in [5.74, 6) is 1.78. The van der Waals surface area contributed by atoms with E-state index in [1.165, 1.54) is 21.2 Å². The summed E-state index contributed by atoms with van der Waals surface area (Å²) in [5.41, 5.74) is 11.6. The largest absolute Gasteiger partial charge is 0.453 e. The second-order valence-corrected chi connectivity index (χ2v) is 13.1. The van der Waals surface area contributed by atoms with E-state index in [-0.39, 0.29) is 36.5 Å². The fraction of sp³-hybridized carbons (Fsp3) is 0.235. The molecule has 0 aromatic heterocycles. The van der Waals surface area contributed by atoms with Crippen molar-refractivity contribution in [3.63, 3.8) is 0 Å². The van der Waals surface area contributed by atoms with Gasteiger partial charge in [0, 0.05) is 9.79 Å². The Bertz CT molecular complexity index is 1620. The third-order valence-electron chi connectivity index (χ3n) is 9.92. The number of benzene rings is 4. The van der Waals surface area contributed by atoms with Crippen LogP contribution in [0.5, 0.6) is 11.5 Å². The summed E-state index contributed by atoms with van der Waals surface area (Å²) in [7, 11) is 0. The molecule has 5 heterocycles. The van der Waals surface area contributed by atoms with Crippen molar-refractivity contribution in [1.29, 1.82) is 0 Å². The molecule has 4 aromatic rings. The number of anilines is 4. The Morgan fingerprint density at radius 1 is 0.568 bits per heavy atom. The molecule has 5 aliphatic heterocycles. The van der Waals surface area contributed by atoms with E-state index in [0.717, 1.165) is 35.7 Å². The van der Waals surface area contributed by atoms with Crippen LogP contribution in [-0.4, -0.2) is 59.0 Å². The monoisotopic (exact) mass is 598 g/mol. The Morgan fingerprint density at radius 2 is 1.00 bits per heavy atom. The molecule has 0 amide bonds. The number of para-hydroxylation sites is 6. The number of nitrogens with one attached hydrogen (secondary N) is 2. The Labute approximate surface area is 259 Å². The highest BCUT2D eigenvalue weighted by molar-refractivity contribution is 7.99. The molecular weight excluding hydrogens is 568 g/mol. The maximum atomic E-state index is 6.44. The van der Waals surface area contributed by atoms with Gasteiger partial charge in [-0.3, -0.25) is 10.9 Å². The van der Waals surface area contributed by atoms with Crippen molar-refractivity contribution < 1.29 is 4.74 Å². The number of ether oxygens (including phenoxy) is 1. The maximum absolute atomic E-state index is 6.44. The van der Waals surface area contributed by atoms with E-state index in [0.29, 0.717) is 0 Å². The van der Waals surface area contributed by atoms with Crippen LogP contribution in [0.3, 0.4) is 0 Å². The summed E-state index contributed by atoms with van der Waals surface area (Å²) in [6, 6.07) is 35.1. The van der Waals surface area contributed by atoms with Crippen LogP contribution in [0, 0.1) is 0 Å². The van der Waals surface area contributed by atoms with Crippen LogP contribution in [0.2, 0.25) is 0 Å². The molecule has 10 rings (SSSR count). The van der Waals surface area contributed by atoms with Gasteiger partial charge in [0.1, 0.15) is 12.7 Å². The van der Waals surface area contributed by atoms with Gasteiger partial charge in [0.15, 0.2) is 23.8 Å². The molecule has 218 valence electrons. The Morgan fingerprint density at radius 3 is 1.52 bits per heavy atom. The first-order valence-electron chi connectivity index (χ1n) is 15.3. The average Bonchev–Trinajstić information content (AvgIpc) is 3.76. The summed E-state index contributed by atoms with van der Waals surface area (Å²) in [6.45, 7) is 0. The normalized spacial score (nSPS) is 28.4. The van der Waals surface area contributed by atoms with Crippen LogP contribution in [0.1, 0.15) is 12.8 Å². The molecule has 6 unspecified atom stereocenters. The standard InChI is InChI=1S/C34H30N8OS/c1-5-13-27-21(9-1)41(22-10-2-6-14-28(22)43-27)25-17-18-26(32-31(25)39-19-35-37-33(39)34-38-36-20-40(32)34)42-23-11-3-7-15-29(23)44-30-16-8-4-12-24(30)42/h1-16,19-20,25-26,31-34,37-38H,17-18H2. The van der Waals surface area contributed by atoms with Crippen LogP contribution in [-0.2, 0) is 0 Å². The summed E-state index contributed by atoms with van der Waals surface area (Å²) >= 11 is 1.86. The molecule has 44 heavy (non-hydrogen) atoms. The van der Waals surface area contributed by atoms with Crippen LogP contribution in [0.25, 0.3) is 0 Å². The lowest BCUT2D eigenvalue weighted by molar-refractivity contribution is -0.0217. The van der Waals surface area contributed by atoms with Crippen LogP contribution >= 0.6 is 11.8 Å². The molecule has 6 atom stereocenters. The molecule has 1 saturated carbocycles. The molecule has 0 bridgehead atoms. The van der Waals surface area contributed by atoms with Crippen molar-refractivity contribution in [3.8, 4) is 11.5 Å². The van der Waals surface area contributed by atoms with E-state index in [1.807, 2.05) is 24.4 Å². The van der Waals surface area contributed by atoms with Gasteiger partial charge in [0.05, 0.1) is 46.9 Å². The van der Waals surface area contributed by atoms with Crippen LogP contribution in [0.4, 0.5) is 22.7 Å². The maximum Gasteiger partial charge on any atom is 0.157 e. The van der Waals surface area contributed by atoms with Gasteiger partial charge in [-0.25, -0.2) is 0 Å². The van der Waals surface area contributed by atoms with E-state index < -0.39 is 0 Å². The predicted octanol–water partition coefficient (Wildman–Crippen LogP) is 5.86. The zero-order chi connectivity index (χ0) is 28.8. The van der Waals surface area contributed by atoms with E-state index >= 15 is 0 Å². The number of hydrogen-bond donors (Lipinski definition) is 2. The van der Waals surface area contributed by atoms with Crippen molar-refractivity contribution in [2.24, 2.45) is 10.2 Å². The second-order valence-electron chi connectivity index (χ2n) is 12.0. The van der Waals surface area contributed by atoms with Gasteiger partial charge in [0.2, 0.25) is 0 Å². The van der Waals surface area contributed by atoms with Gasteiger partial charge in [-0.05, 0) is 61.4 Å². The second kappa shape index (κ2) is 9.33. The minimum atomic E-state index is -0.0389. The van der Waals surface area contributed by atoms with Crippen LogP contribution < -0.4 is 25.4 Å². The van der Waals surface area contributed by atoms with E-state index in [1.54, 1.807) is 0 Å². The van der Waals surface area contributed by atoms with E-state index in [2.05, 4.69) is 138 Å². The summed E-state index contributed by atoms with van der Waals surface area (Å²) in [6.07, 6.45) is 5.95. The molecule has 9 nitrogen and oxygen atoms in total. The molecular formula is C34H30N8OS. The summed E-state index contributed by atoms with van der Waals surface area (Å²) < 4.78 is 6.44. The zero-order valence-electron chi connectivity index (χ0n) is 23.8. The highest BCUT2D eigenvalue weighted by atomic mass is 32.2. The predicted molar refractivity (Wildman–Crippen MR) is 173 cm³/mol. The molecule has 6 aliphatic rings. The molecule has 1 aliphatic carbocycles. The summed E-state index contributed by atoms with van der Waals surface area (Å²) in [4.78, 5) is 12.7. The van der Waals surface area contributed by atoms with E-state index in [4.69, 9.17) is 4.74 Å². The van der Waals surface area contributed by atoms with Gasteiger partial charge in [-0.15, -0.1) is 0 Å². The number of hydrazone groups is 2.